The lowest BCUT2D eigenvalue weighted by atomic mass is 9.86. The average Bonchev–Trinajstić information content (AvgIpc) is 2.76. The van der Waals surface area contributed by atoms with E-state index < -0.39 is 6.09 Å². The summed E-state index contributed by atoms with van der Waals surface area (Å²) < 4.78 is 5.84. The fraction of sp³-hybridized carbons (Fsp3) is 0.391. The minimum absolute atomic E-state index is 0.113. The van der Waals surface area contributed by atoms with E-state index >= 15 is 0 Å². The van der Waals surface area contributed by atoms with Crippen molar-refractivity contribution in [3.8, 4) is 0 Å². The summed E-state index contributed by atoms with van der Waals surface area (Å²) in [4.78, 5) is 29.6. The molecule has 0 aromatic heterocycles. The number of fused-ring (bicyclic) bond motifs is 3. The van der Waals surface area contributed by atoms with Gasteiger partial charge in [0.1, 0.15) is 6.10 Å². The molecule has 146 valence electrons. The van der Waals surface area contributed by atoms with Gasteiger partial charge in [0.15, 0.2) is 0 Å². The van der Waals surface area contributed by atoms with E-state index in [2.05, 4.69) is 4.90 Å². The first-order valence-electron chi connectivity index (χ1n) is 10.0. The monoisotopic (exact) mass is 378 g/mol. The van der Waals surface area contributed by atoms with Crippen LogP contribution in [-0.4, -0.2) is 54.1 Å². The van der Waals surface area contributed by atoms with Crippen molar-refractivity contribution in [1.82, 2.24) is 9.80 Å². The molecule has 2 bridgehead atoms. The highest BCUT2D eigenvalue weighted by Crippen LogP contribution is 2.30. The van der Waals surface area contributed by atoms with Gasteiger partial charge < -0.3 is 4.74 Å². The van der Waals surface area contributed by atoms with Crippen molar-refractivity contribution in [2.75, 3.05) is 26.2 Å². The van der Waals surface area contributed by atoms with Crippen LogP contribution in [0.1, 0.15) is 28.8 Å². The first kappa shape index (κ1) is 18.7. The molecule has 28 heavy (non-hydrogen) atoms. The third-order valence-electron chi connectivity index (χ3n) is 5.80. The van der Waals surface area contributed by atoms with Crippen molar-refractivity contribution in [1.29, 1.82) is 0 Å². The Bertz CT molecular complexity index is 801. The number of benzene rings is 2. The Morgan fingerprint density at radius 1 is 0.964 bits per heavy atom. The lowest BCUT2D eigenvalue weighted by Gasteiger charge is -2.44. The van der Waals surface area contributed by atoms with Crippen LogP contribution in [0, 0.1) is 5.92 Å². The van der Waals surface area contributed by atoms with Gasteiger partial charge in [-0.2, -0.15) is 0 Å². The molecule has 5 heteroatoms. The predicted molar refractivity (Wildman–Crippen MR) is 107 cm³/mol. The van der Waals surface area contributed by atoms with Gasteiger partial charge in [0.25, 0.3) is 5.91 Å². The van der Waals surface area contributed by atoms with Crippen LogP contribution in [0.3, 0.4) is 0 Å². The Morgan fingerprint density at radius 2 is 1.61 bits per heavy atom. The summed E-state index contributed by atoms with van der Waals surface area (Å²) in [5, 5.41) is 0. The van der Waals surface area contributed by atoms with Gasteiger partial charge in [0.05, 0.1) is 0 Å². The maximum Gasteiger partial charge on any atom is 0.417 e. The summed E-state index contributed by atoms with van der Waals surface area (Å²) in [5.74, 6) is 0.111. The molecular weight excluding hydrogens is 352 g/mol. The second kappa shape index (κ2) is 8.57. The molecule has 2 aromatic rings. The largest absolute Gasteiger partial charge is 0.444 e. The zero-order valence-electron chi connectivity index (χ0n) is 16.0. The van der Waals surface area contributed by atoms with Gasteiger partial charge in [0, 0.05) is 18.7 Å². The van der Waals surface area contributed by atoms with Gasteiger partial charge in [-0.15, -0.1) is 0 Å². The second-order valence-corrected chi connectivity index (χ2v) is 7.62. The van der Waals surface area contributed by atoms with Crippen molar-refractivity contribution >= 4 is 12.0 Å². The first-order chi connectivity index (χ1) is 13.7. The first-order valence-corrected chi connectivity index (χ1v) is 10.0. The van der Waals surface area contributed by atoms with Gasteiger partial charge in [-0.3, -0.25) is 9.69 Å². The predicted octanol–water partition coefficient (Wildman–Crippen LogP) is 3.60. The van der Waals surface area contributed by atoms with Crippen LogP contribution in [0.25, 0.3) is 0 Å². The third kappa shape index (κ3) is 4.25. The molecule has 0 saturated carbocycles. The Balaban J connectivity index is 1.48. The van der Waals surface area contributed by atoms with Crippen LogP contribution in [0.15, 0.2) is 60.7 Å². The van der Waals surface area contributed by atoms with Gasteiger partial charge >= 0.3 is 6.09 Å². The molecule has 3 aliphatic rings. The summed E-state index contributed by atoms with van der Waals surface area (Å²) in [6.45, 7) is 3.25. The third-order valence-corrected chi connectivity index (χ3v) is 5.80. The zero-order valence-corrected chi connectivity index (χ0v) is 16.0. The number of piperidine rings is 3. The molecule has 5 rings (SSSR count). The Kier molecular flexibility index (Phi) is 5.72. The van der Waals surface area contributed by atoms with E-state index in [-0.39, 0.29) is 12.0 Å². The van der Waals surface area contributed by atoms with E-state index in [0.717, 1.165) is 38.0 Å². The second-order valence-electron chi connectivity index (χ2n) is 7.62. The molecule has 3 fully saturated rings. The van der Waals surface area contributed by atoms with E-state index in [1.54, 1.807) is 24.3 Å². The maximum atomic E-state index is 13.0. The quantitative estimate of drug-likeness (QED) is 0.798. The summed E-state index contributed by atoms with van der Waals surface area (Å²) in [6.07, 6.45) is 2.10. The number of carbonyl (C=O) groups excluding carboxylic acids is 2. The molecule has 3 saturated heterocycles. The number of hydrogen-bond acceptors (Lipinski definition) is 4. The normalized spacial score (nSPS) is 23.2. The molecule has 0 unspecified atom stereocenters. The SMILES string of the molecule is O=C(O[C@H]1CN2CCC1CC2)N(CCc1ccccc1)C(=O)c1ccccc1. The van der Waals surface area contributed by atoms with Gasteiger partial charge in [-0.25, -0.2) is 9.69 Å². The highest BCUT2D eigenvalue weighted by molar-refractivity contribution is 6.02. The smallest absolute Gasteiger partial charge is 0.417 e. The maximum absolute atomic E-state index is 13.0. The number of ether oxygens (including phenoxy) is 1. The number of carbonyl (C=O) groups is 2. The number of nitrogens with zero attached hydrogens (tertiary/aromatic N) is 2. The molecular formula is C23H26N2O3. The minimum Gasteiger partial charge on any atom is -0.444 e. The molecule has 0 N–H and O–H groups in total. The molecule has 2 amide bonds. The highest BCUT2D eigenvalue weighted by Gasteiger charge is 2.38. The van der Waals surface area contributed by atoms with Crippen molar-refractivity contribution in [3.63, 3.8) is 0 Å². The summed E-state index contributed by atoms with van der Waals surface area (Å²) in [5.41, 5.74) is 1.59. The lowest BCUT2D eigenvalue weighted by Crippen LogP contribution is -2.53. The van der Waals surface area contributed by atoms with Crippen molar-refractivity contribution in [3.05, 3.63) is 71.8 Å². The Hall–Kier alpha value is -2.66. The summed E-state index contributed by atoms with van der Waals surface area (Å²) in [7, 11) is 0. The van der Waals surface area contributed by atoms with Crippen LogP contribution in [-0.2, 0) is 11.2 Å². The molecule has 3 heterocycles. The van der Waals surface area contributed by atoms with Gasteiger partial charge in [-0.05, 0) is 56.0 Å². The average molecular weight is 378 g/mol. The fourth-order valence-electron chi connectivity index (χ4n) is 4.14. The molecule has 2 aromatic carbocycles. The zero-order chi connectivity index (χ0) is 19.3. The molecule has 0 aliphatic carbocycles. The van der Waals surface area contributed by atoms with Crippen LogP contribution in [0.5, 0.6) is 0 Å². The van der Waals surface area contributed by atoms with Crippen molar-refractivity contribution in [2.24, 2.45) is 5.92 Å². The summed E-state index contributed by atoms with van der Waals surface area (Å²) in [6, 6.07) is 18.8. The van der Waals surface area contributed by atoms with Crippen molar-refractivity contribution in [2.45, 2.75) is 25.4 Å². The number of amides is 2. The number of rotatable bonds is 5. The van der Waals surface area contributed by atoms with E-state index in [1.165, 1.54) is 4.90 Å². The van der Waals surface area contributed by atoms with Gasteiger partial charge in [-0.1, -0.05) is 48.5 Å². The van der Waals surface area contributed by atoms with Gasteiger partial charge in [0.2, 0.25) is 0 Å². The topological polar surface area (TPSA) is 49.9 Å². The molecule has 3 aliphatic heterocycles. The van der Waals surface area contributed by atoms with Crippen LogP contribution < -0.4 is 0 Å². The standard InChI is InChI=1S/C23H26N2O3/c26-22(20-9-5-2-6-10-20)25(16-11-18-7-3-1-4-8-18)23(27)28-21-17-24-14-12-19(21)13-15-24/h1-10,19,21H,11-17H2/t21-/m0/s1. The molecule has 1 atom stereocenters. The summed E-state index contributed by atoms with van der Waals surface area (Å²) >= 11 is 0. The number of hydrogen-bond donors (Lipinski definition) is 0. The number of imide groups is 1. The van der Waals surface area contributed by atoms with Crippen LogP contribution >= 0.6 is 0 Å². The fourth-order valence-corrected chi connectivity index (χ4v) is 4.14. The molecule has 0 spiro atoms. The lowest BCUT2D eigenvalue weighted by molar-refractivity contribution is -0.0415. The van der Waals surface area contributed by atoms with Crippen LogP contribution in [0.4, 0.5) is 4.79 Å². The van der Waals surface area contributed by atoms with Crippen molar-refractivity contribution < 1.29 is 14.3 Å². The Labute approximate surface area is 165 Å². The van der Waals surface area contributed by atoms with E-state index in [4.69, 9.17) is 4.74 Å². The Morgan fingerprint density at radius 3 is 2.21 bits per heavy atom. The molecule has 0 radical (unpaired) electrons. The van der Waals surface area contributed by atoms with E-state index in [9.17, 15) is 9.59 Å². The van der Waals surface area contributed by atoms with E-state index in [1.807, 2.05) is 36.4 Å². The van der Waals surface area contributed by atoms with E-state index in [0.29, 0.717) is 24.4 Å². The minimum atomic E-state index is -0.525. The molecule has 5 nitrogen and oxygen atoms in total. The van der Waals surface area contributed by atoms with Crippen LogP contribution in [0.2, 0.25) is 0 Å². The highest BCUT2D eigenvalue weighted by atomic mass is 16.6.